The van der Waals surface area contributed by atoms with E-state index in [9.17, 15) is 0 Å². The number of aliphatic hydroxyl groups is 1. The second-order valence-electron chi connectivity index (χ2n) is 4.54. The van der Waals surface area contributed by atoms with E-state index >= 15 is 0 Å². The molecule has 0 atom stereocenters. The van der Waals surface area contributed by atoms with Crippen molar-refractivity contribution in [2.24, 2.45) is 0 Å². The minimum absolute atomic E-state index is 0.0343. The third kappa shape index (κ3) is 3.53. The van der Waals surface area contributed by atoms with E-state index in [-0.39, 0.29) is 6.61 Å². The Hall–Kier alpha value is -1.98. The fourth-order valence-electron chi connectivity index (χ4n) is 1.84. The number of nitrogens with zero attached hydrogens (tertiary/aromatic N) is 3. The summed E-state index contributed by atoms with van der Waals surface area (Å²) in [5.41, 5.74) is 2.82. The standard InChI is InChI=1S/C15H19N3O2/c1-18(6-7-20-2)15-16-9-14(10-17-15)13-5-3-4-12(8-13)11-19/h3-5,8-10,19H,6-7,11H2,1-2H3. The van der Waals surface area contributed by atoms with E-state index in [1.165, 1.54) is 0 Å². The molecule has 1 N–H and O–H groups in total. The van der Waals surface area contributed by atoms with Crippen molar-refractivity contribution in [3.05, 3.63) is 42.2 Å². The molecule has 0 bridgehead atoms. The van der Waals surface area contributed by atoms with Crippen LogP contribution in [-0.2, 0) is 11.3 Å². The van der Waals surface area contributed by atoms with Crippen LogP contribution in [-0.4, -0.2) is 42.4 Å². The monoisotopic (exact) mass is 273 g/mol. The number of hydrogen-bond acceptors (Lipinski definition) is 5. The van der Waals surface area contributed by atoms with E-state index in [0.29, 0.717) is 12.6 Å². The Bertz CT molecular complexity index is 543. The van der Waals surface area contributed by atoms with Gasteiger partial charge in [-0.25, -0.2) is 9.97 Å². The summed E-state index contributed by atoms with van der Waals surface area (Å²) in [6.45, 7) is 1.42. The molecule has 0 aliphatic carbocycles. The Morgan fingerprint density at radius 3 is 2.60 bits per heavy atom. The van der Waals surface area contributed by atoms with Gasteiger partial charge in [0.15, 0.2) is 0 Å². The normalized spacial score (nSPS) is 10.6. The van der Waals surface area contributed by atoms with Crippen molar-refractivity contribution >= 4 is 5.95 Å². The van der Waals surface area contributed by atoms with Crippen molar-refractivity contribution in [3.8, 4) is 11.1 Å². The predicted octanol–water partition coefficient (Wildman–Crippen LogP) is 1.72. The Labute approximate surface area is 118 Å². The van der Waals surface area contributed by atoms with Crippen LogP contribution >= 0.6 is 0 Å². The fraction of sp³-hybridized carbons (Fsp3) is 0.333. The number of rotatable bonds is 6. The number of anilines is 1. The summed E-state index contributed by atoms with van der Waals surface area (Å²) in [6.07, 6.45) is 3.59. The molecule has 106 valence electrons. The molecular formula is C15H19N3O2. The summed E-state index contributed by atoms with van der Waals surface area (Å²) >= 11 is 0. The Balaban J connectivity index is 2.14. The molecular weight excluding hydrogens is 254 g/mol. The Morgan fingerprint density at radius 1 is 1.20 bits per heavy atom. The van der Waals surface area contributed by atoms with Crippen molar-refractivity contribution < 1.29 is 9.84 Å². The van der Waals surface area contributed by atoms with Crippen LogP contribution < -0.4 is 4.90 Å². The number of hydrogen-bond donors (Lipinski definition) is 1. The van der Waals surface area contributed by atoms with Crippen molar-refractivity contribution in [3.63, 3.8) is 0 Å². The maximum absolute atomic E-state index is 9.16. The lowest BCUT2D eigenvalue weighted by Gasteiger charge is -2.16. The van der Waals surface area contributed by atoms with E-state index in [4.69, 9.17) is 9.84 Å². The van der Waals surface area contributed by atoms with Crippen LogP contribution in [0, 0.1) is 0 Å². The quantitative estimate of drug-likeness (QED) is 0.868. The number of ether oxygens (including phenoxy) is 1. The predicted molar refractivity (Wildman–Crippen MR) is 78.5 cm³/mol. The molecule has 1 heterocycles. The molecule has 0 amide bonds. The second kappa shape index (κ2) is 6.98. The highest BCUT2D eigenvalue weighted by Crippen LogP contribution is 2.20. The van der Waals surface area contributed by atoms with Crippen molar-refractivity contribution in [1.82, 2.24) is 9.97 Å². The summed E-state index contributed by atoms with van der Waals surface area (Å²) in [5.74, 6) is 0.670. The zero-order chi connectivity index (χ0) is 14.4. The van der Waals surface area contributed by atoms with Crippen LogP contribution in [0.25, 0.3) is 11.1 Å². The van der Waals surface area contributed by atoms with Gasteiger partial charge in [0.05, 0.1) is 13.2 Å². The van der Waals surface area contributed by atoms with E-state index in [1.807, 2.05) is 36.2 Å². The van der Waals surface area contributed by atoms with Gasteiger partial charge in [0.1, 0.15) is 0 Å². The van der Waals surface area contributed by atoms with E-state index in [1.54, 1.807) is 19.5 Å². The lowest BCUT2D eigenvalue weighted by molar-refractivity contribution is 0.206. The first-order valence-corrected chi connectivity index (χ1v) is 6.47. The van der Waals surface area contributed by atoms with Crippen molar-refractivity contribution in [1.29, 1.82) is 0 Å². The average molecular weight is 273 g/mol. The minimum Gasteiger partial charge on any atom is -0.392 e. The molecule has 1 aromatic carbocycles. The molecule has 20 heavy (non-hydrogen) atoms. The highest BCUT2D eigenvalue weighted by molar-refractivity contribution is 5.62. The average Bonchev–Trinajstić information content (AvgIpc) is 2.52. The van der Waals surface area contributed by atoms with Crippen LogP contribution in [0.5, 0.6) is 0 Å². The first-order valence-electron chi connectivity index (χ1n) is 6.47. The van der Waals surface area contributed by atoms with Gasteiger partial charge < -0.3 is 14.7 Å². The zero-order valence-electron chi connectivity index (χ0n) is 11.8. The number of methoxy groups -OCH3 is 1. The maximum Gasteiger partial charge on any atom is 0.225 e. The molecule has 0 saturated heterocycles. The summed E-state index contributed by atoms with van der Waals surface area (Å²) in [5, 5.41) is 9.16. The number of likely N-dealkylation sites (N-methyl/N-ethyl adjacent to an activating group) is 1. The SMILES string of the molecule is COCCN(C)c1ncc(-c2cccc(CO)c2)cn1. The smallest absolute Gasteiger partial charge is 0.225 e. The second-order valence-corrected chi connectivity index (χ2v) is 4.54. The number of aromatic nitrogens is 2. The van der Waals surface area contributed by atoms with E-state index < -0.39 is 0 Å². The molecule has 2 aromatic rings. The molecule has 0 fully saturated rings. The molecule has 1 aromatic heterocycles. The van der Waals surface area contributed by atoms with Gasteiger partial charge in [-0.05, 0) is 17.2 Å². The third-order valence-corrected chi connectivity index (χ3v) is 3.05. The number of aliphatic hydroxyl groups excluding tert-OH is 1. The summed E-state index contributed by atoms with van der Waals surface area (Å²) in [6, 6.07) is 7.72. The van der Waals surface area contributed by atoms with Crippen LogP contribution in [0.3, 0.4) is 0 Å². The molecule has 0 spiro atoms. The molecule has 0 aliphatic rings. The van der Waals surface area contributed by atoms with E-state index in [0.717, 1.165) is 23.2 Å². The summed E-state index contributed by atoms with van der Waals surface area (Å²) in [7, 11) is 3.60. The van der Waals surface area contributed by atoms with Crippen LogP contribution in [0.2, 0.25) is 0 Å². The topological polar surface area (TPSA) is 58.5 Å². The zero-order valence-corrected chi connectivity index (χ0v) is 11.8. The van der Waals surface area contributed by atoms with Gasteiger partial charge in [-0.15, -0.1) is 0 Å². The number of benzene rings is 1. The first kappa shape index (κ1) is 14.4. The Kier molecular flexibility index (Phi) is 5.03. The van der Waals surface area contributed by atoms with Gasteiger partial charge in [-0.3, -0.25) is 0 Å². The van der Waals surface area contributed by atoms with Gasteiger partial charge >= 0.3 is 0 Å². The van der Waals surface area contributed by atoms with Crippen molar-refractivity contribution in [2.75, 3.05) is 32.2 Å². The van der Waals surface area contributed by atoms with Crippen LogP contribution in [0.4, 0.5) is 5.95 Å². The fourth-order valence-corrected chi connectivity index (χ4v) is 1.84. The molecule has 5 heteroatoms. The molecule has 2 rings (SSSR count). The Morgan fingerprint density at radius 2 is 1.95 bits per heavy atom. The van der Waals surface area contributed by atoms with Gasteiger partial charge in [-0.1, -0.05) is 18.2 Å². The van der Waals surface area contributed by atoms with E-state index in [2.05, 4.69) is 9.97 Å². The highest BCUT2D eigenvalue weighted by atomic mass is 16.5. The van der Waals surface area contributed by atoms with Crippen molar-refractivity contribution in [2.45, 2.75) is 6.61 Å². The third-order valence-electron chi connectivity index (χ3n) is 3.05. The van der Waals surface area contributed by atoms with Gasteiger partial charge in [0.25, 0.3) is 0 Å². The molecule has 0 unspecified atom stereocenters. The highest BCUT2D eigenvalue weighted by Gasteiger charge is 2.05. The lowest BCUT2D eigenvalue weighted by atomic mass is 10.1. The van der Waals surface area contributed by atoms with Gasteiger partial charge in [0, 0.05) is 38.7 Å². The van der Waals surface area contributed by atoms with Gasteiger partial charge in [-0.2, -0.15) is 0 Å². The first-order chi connectivity index (χ1) is 9.74. The molecule has 0 radical (unpaired) electrons. The maximum atomic E-state index is 9.16. The molecule has 5 nitrogen and oxygen atoms in total. The summed E-state index contributed by atoms with van der Waals surface area (Å²) in [4.78, 5) is 10.7. The summed E-state index contributed by atoms with van der Waals surface area (Å²) < 4.78 is 5.03. The van der Waals surface area contributed by atoms with Crippen LogP contribution in [0.15, 0.2) is 36.7 Å². The molecule has 0 saturated carbocycles. The van der Waals surface area contributed by atoms with Crippen LogP contribution in [0.1, 0.15) is 5.56 Å². The van der Waals surface area contributed by atoms with Gasteiger partial charge in [0.2, 0.25) is 5.95 Å². The molecule has 0 aliphatic heterocycles. The lowest BCUT2D eigenvalue weighted by Crippen LogP contribution is -2.23. The minimum atomic E-state index is 0.0343. The largest absolute Gasteiger partial charge is 0.392 e.